The van der Waals surface area contributed by atoms with Gasteiger partial charge in [0.1, 0.15) is 11.4 Å². The molecule has 196 valence electrons. The highest BCUT2D eigenvalue weighted by Crippen LogP contribution is 2.32. The molecule has 0 aliphatic carbocycles. The Labute approximate surface area is 230 Å². The van der Waals surface area contributed by atoms with Crippen LogP contribution in [0.4, 0.5) is 10.5 Å². The number of ether oxygens (including phenoxy) is 2. The highest BCUT2D eigenvalue weighted by molar-refractivity contribution is 6.35. The largest absolute Gasteiger partial charge is 0.466 e. The Balaban J connectivity index is 1.38. The topological polar surface area (TPSA) is 90.7 Å². The number of hydrogen-bond acceptors (Lipinski definition) is 6. The number of rotatable bonds is 9. The summed E-state index contributed by atoms with van der Waals surface area (Å²) in [7, 11) is 0. The first-order valence-electron chi connectivity index (χ1n) is 12.0. The maximum Gasteiger partial charge on any atom is 0.411 e. The van der Waals surface area contributed by atoms with Crippen LogP contribution in [0.3, 0.4) is 0 Å². The van der Waals surface area contributed by atoms with Crippen LogP contribution in [-0.2, 0) is 27.1 Å². The van der Waals surface area contributed by atoms with Crippen molar-refractivity contribution in [3.63, 3.8) is 0 Å². The molecule has 0 unspecified atom stereocenters. The van der Waals surface area contributed by atoms with Gasteiger partial charge in [0.25, 0.3) is 0 Å². The molecule has 4 aromatic rings. The number of aryl methyl sites for hydroxylation is 1. The number of aromatic nitrogens is 1. The summed E-state index contributed by atoms with van der Waals surface area (Å²) in [4.78, 5) is 24.1. The second-order valence-corrected chi connectivity index (χ2v) is 9.32. The molecule has 0 radical (unpaired) electrons. The predicted octanol–water partition coefficient (Wildman–Crippen LogP) is 7.52. The van der Waals surface area contributed by atoms with Crippen LogP contribution in [0.25, 0.3) is 22.5 Å². The zero-order valence-electron chi connectivity index (χ0n) is 20.9. The van der Waals surface area contributed by atoms with Crippen LogP contribution in [0.2, 0.25) is 10.0 Å². The Hall–Kier alpha value is -3.81. The zero-order valence-corrected chi connectivity index (χ0v) is 22.4. The first-order chi connectivity index (χ1) is 18.3. The smallest absolute Gasteiger partial charge is 0.411 e. The molecule has 7 nitrogen and oxygen atoms in total. The first-order valence-corrected chi connectivity index (χ1v) is 12.8. The van der Waals surface area contributed by atoms with Crippen LogP contribution < -0.4 is 5.32 Å². The van der Waals surface area contributed by atoms with E-state index in [4.69, 9.17) is 37.2 Å². The molecule has 9 heteroatoms. The van der Waals surface area contributed by atoms with Gasteiger partial charge in [-0.25, -0.2) is 4.79 Å². The van der Waals surface area contributed by atoms with Gasteiger partial charge in [-0.3, -0.25) is 10.1 Å². The molecule has 0 bridgehead atoms. The van der Waals surface area contributed by atoms with Crippen LogP contribution in [-0.4, -0.2) is 30.4 Å². The van der Waals surface area contributed by atoms with Crippen molar-refractivity contribution in [1.29, 1.82) is 0 Å². The standard InChI is InChI=1S/C29H26Cl2N2O5/c1-3-36-26(34)16-19-4-6-20(7-5-19)21-8-10-23(11-9-21)28-27(18(2)33-38-28)32-29(35)37-15-14-22-12-13-24(30)17-25(22)31/h4-13,17H,3,14-16H2,1-2H3,(H,32,35). The van der Waals surface area contributed by atoms with E-state index >= 15 is 0 Å². The molecule has 3 aromatic carbocycles. The van der Waals surface area contributed by atoms with Gasteiger partial charge in [-0.15, -0.1) is 0 Å². The molecule has 1 aromatic heterocycles. The molecule has 38 heavy (non-hydrogen) atoms. The number of esters is 1. The molecular formula is C29H26Cl2N2O5. The molecule has 1 heterocycles. The van der Waals surface area contributed by atoms with Crippen LogP contribution in [0, 0.1) is 6.92 Å². The Morgan fingerprint density at radius 1 is 0.921 bits per heavy atom. The Morgan fingerprint density at radius 3 is 2.24 bits per heavy atom. The maximum absolute atomic E-state index is 12.5. The minimum Gasteiger partial charge on any atom is -0.466 e. The molecule has 0 aliphatic rings. The Kier molecular flexibility index (Phi) is 9.05. The van der Waals surface area contributed by atoms with E-state index in [0.29, 0.717) is 40.2 Å². The number of halogens is 2. The van der Waals surface area contributed by atoms with Crippen molar-refractivity contribution in [2.45, 2.75) is 26.7 Å². The van der Waals surface area contributed by atoms with E-state index in [1.807, 2.05) is 48.5 Å². The third kappa shape index (κ3) is 6.94. The zero-order chi connectivity index (χ0) is 27.1. The van der Waals surface area contributed by atoms with Gasteiger partial charge in [0.2, 0.25) is 0 Å². The molecule has 1 N–H and O–H groups in total. The number of anilines is 1. The molecule has 4 rings (SSSR count). The normalized spacial score (nSPS) is 10.7. The van der Waals surface area contributed by atoms with Crippen LogP contribution in [0.5, 0.6) is 0 Å². The average Bonchev–Trinajstić information content (AvgIpc) is 3.25. The van der Waals surface area contributed by atoms with E-state index in [1.54, 1.807) is 32.0 Å². The highest BCUT2D eigenvalue weighted by atomic mass is 35.5. The van der Waals surface area contributed by atoms with Crippen molar-refractivity contribution in [3.05, 3.63) is 93.6 Å². The van der Waals surface area contributed by atoms with Crippen LogP contribution in [0.1, 0.15) is 23.7 Å². The third-order valence-corrected chi connectivity index (χ3v) is 6.38. The predicted molar refractivity (Wildman–Crippen MR) is 148 cm³/mol. The third-order valence-electron chi connectivity index (χ3n) is 5.80. The van der Waals surface area contributed by atoms with Gasteiger partial charge in [0, 0.05) is 22.0 Å². The lowest BCUT2D eigenvalue weighted by atomic mass is 10.0. The highest BCUT2D eigenvalue weighted by Gasteiger charge is 2.18. The summed E-state index contributed by atoms with van der Waals surface area (Å²) in [5, 5.41) is 7.81. The summed E-state index contributed by atoms with van der Waals surface area (Å²) in [6.07, 6.45) is 0.0666. The number of benzene rings is 3. The number of hydrogen-bond donors (Lipinski definition) is 1. The van der Waals surface area contributed by atoms with Crippen molar-refractivity contribution < 1.29 is 23.6 Å². The van der Waals surface area contributed by atoms with E-state index in [9.17, 15) is 9.59 Å². The lowest BCUT2D eigenvalue weighted by Gasteiger charge is -2.09. The number of carbonyl (C=O) groups is 2. The summed E-state index contributed by atoms with van der Waals surface area (Å²) in [5.74, 6) is 0.183. The SMILES string of the molecule is CCOC(=O)Cc1ccc(-c2ccc(-c3onc(C)c3NC(=O)OCCc3ccc(Cl)cc3Cl)cc2)cc1. The van der Waals surface area contributed by atoms with Crippen molar-refractivity contribution in [2.24, 2.45) is 0 Å². The van der Waals surface area contributed by atoms with Gasteiger partial charge in [0.15, 0.2) is 5.76 Å². The van der Waals surface area contributed by atoms with Gasteiger partial charge in [-0.05, 0) is 48.2 Å². The minimum atomic E-state index is -0.623. The lowest BCUT2D eigenvalue weighted by molar-refractivity contribution is -0.142. The maximum atomic E-state index is 12.5. The summed E-state index contributed by atoms with van der Waals surface area (Å²) in [5.41, 5.74) is 5.42. The molecule has 0 saturated carbocycles. The summed E-state index contributed by atoms with van der Waals surface area (Å²) >= 11 is 12.1. The van der Waals surface area contributed by atoms with Crippen molar-refractivity contribution in [2.75, 3.05) is 18.5 Å². The summed E-state index contributed by atoms with van der Waals surface area (Å²) < 4.78 is 15.8. The van der Waals surface area contributed by atoms with Gasteiger partial charge in [-0.1, -0.05) is 83.0 Å². The first kappa shape index (κ1) is 27.2. The summed E-state index contributed by atoms with van der Waals surface area (Å²) in [6, 6.07) is 20.6. The van der Waals surface area contributed by atoms with Gasteiger partial charge in [0.05, 0.1) is 19.6 Å². The molecule has 0 aliphatic heterocycles. The van der Waals surface area contributed by atoms with E-state index in [2.05, 4.69) is 10.5 Å². The average molecular weight is 553 g/mol. The fourth-order valence-corrected chi connectivity index (χ4v) is 4.34. The minimum absolute atomic E-state index is 0.139. The van der Waals surface area contributed by atoms with E-state index in [1.165, 1.54) is 0 Å². The number of carbonyl (C=O) groups excluding carboxylic acids is 2. The van der Waals surface area contributed by atoms with Crippen molar-refractivity contribution in [3.8, 4) is 22.5 Å². The number of amides is 1. The Morgan fingerprint density at radius 2 is 1.58 bits per heavy atom. The number of nitrogens with zero attached hydrogens (tertiary/aromatic N) is 1. The number of nitrogens with one attached hydrogen (secondary N) is 1. The quantitative estimate of drug-likeness (QED) is 0.216. The molecule has 0 saturated heterocycles. The fourth-order valence-electron chi connectivity index (χ4n) is 3.84. The summed E-state index contributed by atoms with van der Waals surface area (Å²) in [6.45, 7) is 4.03. The van der Waals surface area contributed by atoms with Crippen molar-refractivity contribution >= 4 is 41.0 Å². The fraction of sp³-hybridized carbons (Fsp3) is 0.207. The van der Waals surface area contributed by atoms with E-state index < -0.39 is 6.09 Å². The van der Waals surface area contributed by atoms with E-state index in [0.717, 1.165) is 27.8 Å². The van der Waals surface area contributed by atoms with Gasteiger partial charge >= 0.3 is 12.1 Å². The molecule has 0 atom stereocenters. The molecule has 1 amide bonds. The molecule has 0 spiro atoms. The van der Waals surface area contributed by atoms with Crippen LogP contribution in [0.15, 0.2) is 71.3 Å². The molecular weight excluding hydrogens is 527 g/mol. The second-order valence-electron chi connectivity index (χ2n) is 8.47. The second kappa shape index (κ2) is 12.6. The van der Waals surface area contributed by atoms with Crippen molar-refractivity contribution in [1.82, 2.24) is 5.16 Å². The van der Waals surface area contributed by atoms with E-state index in [-0.39, 0.29) is 19.0 Å². The van der Waals surface area contributed by atoms with Gasteiger partial charge < -0.3 is 14.0 Å². The lowest BCUT2D eigenvalue weighted by Crippen LogP contribution is -2.16. The Bertz CT molecular complexity index is 1420. The van der Waals surface area contributed by atoms with Crippen LogP contribution >= 0.6 is 23.2 Å². The monoisotopic (exact) mass is 552 g/mol. The molecule has 0 fully saturated rings. The van der Waals surface area contributed by atoms with Gasteiger partial charge in [-0.2, -0.15) is 0 Å².